The molecule has 0 saturated carbocycles. The lowest BCUT2D eigenvalue weighted by Gasteiger charge is -2.22. The Kier molecular flexibility index (Phi) is 3.09. The summed E-state index contributed by atoms with van der Waals surface area (Å²) in [7, 11) is 1.27. The van der Waals surface area contributed by atoms with Crippen molar-refractivity contribution in [2.75, 3.05) is 7.11 Å². The Labute approximate surface area is 82.6 Å². The minimum absolute atomic E-state index is 0.530. The summed E-state index contributed by atoms with van der Waals surface area (Å²) in [6.45, 7) is 1.45. The third kappa shape index (κ3) is 2.47. The van der Waals surface area contributed by atoms with E-state index in [0.29, 0.717) is 5.75 Å². The molecule has 4 nitrogen and oxygen atoms in total. The van der Waals surface area contributed by atoms with Gasteiger partial charge in [-0.3, -0.25) is 5.73 Å². The highest BCUT2D eigenvalue weighted by atomic mass is 16.6. The largest absolute Gasteiger partial charge is 0.465 e. The number of hydrogen-bond donors (Lipinski definition) is 1. The Morgan fingerprint density at radius 2 is 1.93 bits per heavy atom. The number of para-hydroxylation sites is 1. The van der Waals surface area contributed by atoms with Gasteiger partial charge in [0.1, 0.15) is 5.75 Å². The van der Waals surface area contributed by atoms with Crippen molar-refractivity contribution in [1.82, 2.24) is 0 Å². The molecule has 4 heteroatoms. The van der Waals surface area contributed by atoms with Crippen LogP contribution < -0.4 is 10.5 Å². The minimum atomic E-state index is -1.45. The van der Waals surface area contributed by atoms with Crippen molar-refractivity contribution in [1.29, 1.82) is 0 Å². The average Bonchev–Trinajstić information content (AvgIpc) is 2.17. The first kappa shape index (κ1) is 10.5. The second kappa shape index (κ2) is 4.11. The van der Waals surface area contributed by atoms with Gasteiger partial charge in [-0.25, -0.2) is 4.79 Å². The third-order valence-electron chi connectivity index (χ3n) is 1.66. The first-order chi connectivity index (χ1) is 6.56. The molecule has 0 aromatic heterocycles. The van der Waals surface area contributed by atoms with Crippen molar-refractivity contribution in [2.24, 2.45) is 5.73 Å². The molecule has 1 aromatic rings. The second-order valence-corrected chi connectivity index (χ2v) is 3.01. The predicted octanol–water partition coefficient (Wildman–Crippen LogP) is 0.913. The molecule has 0 amide bonds. The molecule has 0 bridgehead atoms. The van der Waals surface area contributed by atoms with Crippen LogP contribution in [0.1, 0.15) is 6.92 Å². The van der Waals surface area contributed by atoms with Crippen LogP contribution in [0.2, 0.25) is 0 Å². The molecular formula is C10H13NO3. The predicted molar refractivity (Wildman–Crippen MR) is 51.7 cm³/mol. The van der Waals surface area contributed by atoms with Crippen molar-refractivity contribution < 1.29 is 14.3 Å². The molecule has 2 N–H and O–H groups in total. The molecule has 0 aliphatic rings. The fourth-order valence-corrected chi connectivity index (χ4v) is 0.978. The highest BCUT2D eigenvalue weighted by Gasteiger charge is 2.31. The molecular weight excluding hydrogens is 182 g/mol. The van der Waals surface area contributed by atoms with Gasteiger partial charge in [0.25, 0.3) is 5.72 Å². The van der Waals surface area contributed by atoms with Crippen LogP contribution in [0.25, 0.3) is 0 Å². The van der Waals surface area contributed by atoms with Gasteiger partial charge >= 0.3 is 5.97 Å². The van der Waals surface area contributed by atoms with E-state index in [4.69, 9.17) is 10.5 Å². The van der Waals surface area contributed by atoms with Gasteiger partial charge in [-0.15, -0.1) is 0 Å². The first-order valence-electron chi connectivity index (χ1n) is 4.17. The van der Waals surface area contributed by atoms with Crippen LogP contribution in [0.15, 0.2) is 30.3 Å². The number of rotatable bonds is 3. The summed E-state index contributed by atoms with van der Waals surface area (Å²) >= 11 is 0. The van der Waals surface area contributed by atoms with Gasteiger partial charge in [-0.2, -0.15) is 0 Å². The lowest BCUT2D eigenvalue weighted by atomic mass is 10.2. The number of esters is 1. The van der Waals surface area contributed by atoms with E-state index in [-0.39, 0.29) is 0 Å². The molecule has 0 spiro atoms. The summed E-state index contributed by atoms with van der Waals surface area (Å²) in [5.41, 5.74) is 4.16. The summed E-state index contributed by atoms with van der Waals surface area (Å²) in [6.07, 6.45) is 0. The molecule has 0 heterocycles. The van der Waals surface area contributed by atoms with Crippen LogP contribution in [0, 0.1) is 0 Å². The third-order valence-corrected chi connectivity index (χ3v) is 1.66. The lowest BCUT2D eigenvalue weighted by molar-refractivity contribution is -0.157. The highest BCUT2D eigenvalue weighted by Crippen LogP contribution is 2.14. The molecule has 0 aliphatic carbocycles. The maximum absolute atomic E-state index is 11.2. The smallest absolute Gasteiger partial charge is 0.365 e. The molecule has 0 radical (unpaired) electrons. The Hall–Kier alpha value is -1.55. The van der Waals surface area contributed by atoms with Crippen LogP contribution in [0.4, 0.5) is 0 Å². The Morgan fingerprint density at radius 3 is 2.43 bits per heavy atom. The van der Waals surface area contributed by atoms with Gasteiger partial charge in [0.15, 0.2) is 0 Å². The minimum Gasteiger partial charge on any atom is -0.465 e. The number of nitrogens with two attached hydrogens (primary N) is 1. The molecule has 1 unspecified atom stereocenters. The standard InChI is InChI=1S/C10H13NO3/c1-10(11,9(12)13-2)14-8-6-4-3-5-7-8/h3-7H,11H2,1-2H3. The van der Waals surface area contributed by atoms with Gasteiger partial charge in [0.05, 0.1) is 7.11 Å². The van der Waals surface area contributed by atoms with Gasteiger partial charge < -0.3 is 9.47 Å². The maximum atomic E-state index is 11.2. The number of hydrogen-bond acceptors (Lipinski definition) is 4. The summed E-state index contributed by atoms with van der Waals surface area (Å²) in [5, 5.41) is 0. The monoisotopic (exact) mass is 195 g/mol. The Bertz CT molecular complexity index is 308. The zero-order chi connectivity index (χ0) is 10.6. The van der Waals surface area contributed by atoms with Crippen LogP contribution >= 0.6 is 0 Å². The van der Waals surface area contributed by atoms with Crippen molar-refractivity contribution in [3.63, 3.8) is 0 Å². The number of carbonyl (C=O) groups excluding carboxylic acids is 1. The average molecular weight is 195 g/mol. The first-order valence-corrected chi connectivity index (χ1v) is 4.17. The van der Waals surface area contributed by atoms with Crippen LogP contribution in [0.5, 0.6) is 5.75 Å². The maximum Gasteiger partial charge on any atom is 0.365 e. The SMILES string of the molecule is COC(=O)C(C)(N)Oc1ccccc1. The van der Waals surface area contributed by atoms with E-state index in [0.717, 1.165) is 0 Å². The summed E-state index contributed by atoms with van der Waals surface area (Å²) < 4.78 is 9.76. The van der Waals surface area contributed by atoms with Gasteiger partial charge in [0, 0.05) is 6.92 Å². The molecule has 0 aliphatic heterocycles. The van der Waals surface area contributed by atoms with Crippen LogP contribution in [-0.2, 0) is 9.53 Å². The molecule has 0 saturated heterocycles. The van der Waals surface area contributed by atoms with Gasteiger partial charge in [-0.05, 0) is 12.1 Å². The molecule has 1 aromatic carbocycles. The number of ether oxygens (including phenoxy) is 2. The topological polar surface area (TPSA) is 61.5 Å². The fourth-order valence-electron chi connectivity index (χ4n) is 0.978. The number of carbonyl (C=O) groups is 1. The molecule has 76 valence electrons. The van der Waals surface area contributed by atoms with Crippen molar-refractivity contribution in [3.05, 3.63) is 30.3 Å². The highest BCUT2D eigenvalue weighted by molar-refractivity contribution is 5.78. The molecule has 1 rings (SSSR count). The lowest BCUT2D eigenvalue weighted by Crippen LogP contribution is -2.51. The van der Waals surface area contributed by atoms with E-state index < -0.39 is 11.7 Å². The van der Waals surface area contributed by atoms with E-state index in [1.165, 1.54) is 14.0 Å². The zero-order valence-electron chi connectivity index (χ0n) is 8.19. The van der Waals surface area contributed by atoms with E-state index in [2.05, 4.69) is 4.74 Å². The van der Waals surface area contributed by atoms with Crippen molar-refractivity contribution >= 4 is 5.97 Å². The van der Waals surface area contributed by atoms with Crippen molar-refractivity contribution in [3.8, 4) is 5.75 Å². The Morgan fingerprint density at radius 1 is 1.36 bits per heavy atom. The summed E-state index contributed by atoms with van der Waals surface area (Å²) in [4.78, 5) is 11.2. The zero-order valence-corrected chi connectivity index (χ0v) is 8.19. The van der Waals surface area contributed by atoms with E-state index in [9.17, 15) is 4.79 Å². The van der Waals surface area contributed by atoms with E-state index in [1.807, 2.05) is 6.07 Å². The van der Waals surface area contributed by atoms with Gasteiger partial charge in [-0.1, -0.05) is 18.2 Å². The molecule has 14 heavy (non-hydrogen) atoms. The van der Waals surface area contributed by atoms with Crippen LogP contribution in [-0.4, -0.2) is 18.8 Å². The molecule has 1 atom stereocenters. The van der Waals surface area contributed by atoms with Crippen molar-refractivity contribution in [2.45, 2.75) is 12.6 Å². The van der Waals surface area contributed by atoms with Crippen LogP contribution in [0.3, 0.4) is 0 Å². The summed E-state index contributed by atoms with van der Waals surface area (Å²) in [6, 6.07) is 8.87. The quantitative estimate of drug-likeness (QED) is 0.575. The normalized spacial score (nSPS) is 14.2. The van der Waals surface area contributed by atoms with Gasteiger partial charge in [0.2, 0.25) is 0 Å². The van der Waals surface area contributed by atoms with E-state index >= 15 is 0 Å². The second-order valence-electron chi connectivity index (χ2n) is 3.01. The summed E-state index contributed by atoms with van der Waals surface area (Å²) in [5.74, 6) is -0.0794. The molecule has 0 fully saturated rings. The number of benzene rings is 1. The Balaban J connectivity index is 2.73. The van der Waals surface area contributed by atoms with E-state index in [1.54, 1.807) is 24.3 Å². The fraction of sp³-hybridized carbons (Fsp3) is 0.300. The number of methoxy groups -OCH3 is 1.